The van der Waals surface area contributed by atoms with Gasteiger partial charge in [0.1, 0.15) is 16.8 Å². The van der Waals surface area contributed by atoms with Gasteiger partial charge in [-0.15, -0.1) is 0 Å². The van der Waals surface area contributed by atoms with Crippen LogP contribution in [0, 0.1) is 33.9 Å². The van der Waals surface area contributed by atoms with Crippen molar-refractivity contribution < 1.29 is 18.7 Å². The molecule has 2 atom stereocenters. The second kappa shape index (κ2) is 8.37. The third-order valence-corrected chi connectivity index (χ3v) is 4.21. The molecule has 0 aromatic heterocycles. The fraction of sp³-hybridized carbons (Fsp3) is 0.550. The highest BCUT2D eigenvalue weighted by Crippen LogP contribution is 2.35. The molecule has 7 heteroatoms. The number of amides is 1. The zero-order valence-electron chi connectivity index (χ0n) is 16.6. The molecule has 0 radical (unpaired) electrons. The van der Waals surface area contributed by atoms with Crippen molar-refractivity contribution in [3.8, 4) is 12.1 Å². The predicted molar refractivity (Wildman–Crippen MR) is 97.9 cm³/mol. The van der Waals surface area contributed by atoms with E-state index >= 15 is 0 Å². The van der Waals surface area contributed by atoms with Crippen molar-refractivity contribution in [3.63, 3.8) is 0 Å². The summed E-state index contributed by atoms with van der Waals surface area (Å²) < 4.78 is 25.4. The Bertz CT molecular complexity index is 747. The maximum atomic E-state index is 14.6. The van der Waals surface area contributed by atoms with Crippen LogP contribution in [0.15, 0.2) is 24.3 Å². The number of carbonyl (C=O) groups is 1. The van der Waals surface area contributed by atoms with Crippen molar-refractivity contribution in [2.45, 2.75) is 58.3 Å². The summed E-state index contributed by atoms with van der Waals surface area (Å²) in [6.07, 6.45) is -1.67. The van der Waals surface area contributed by atoms with Crippen LogP contribution in [0.4, 0.5) is 9.18 Å². The maximum Gasteiger partial charge on any atom is 0.408 e. The van der Waals surface area contributed by atoms with E-state index in [1.807, 2.05) is 12.1 Å². The summed E-state index contributed by atoms with van der Waals surface area (Å²) in [5, 5.41) is 21.4. The molecule has 1 aromatic rings. The van der Waals surface area contributed by atoms with E-state index in [2.05, 4.69) is 5.32 Å². The van der Waals surface area contributed by atoms with Crippen molar-refractivity contribution in [1.29, 1.82) is 10.5 Å². The Morgan fingerprint density at radius 3 is 2.19 bits per heavy atom. The van der Waals surface area contributed by atoms with Gasteiger partial charge >= 0.3 is 6.09 Å². The highest BCUT2D eigenvalue weighted by Gasteiger charge is 2.44. The lowest BCUT2D eigenvalue weighted by Crippen LogP contribution is -2.55. The molecule has 0 saturated carbocycles. The molecule has 27 heavy (non-hydrogen) atoms. The molecule has 0 fully saturated rings. The molecule has 0 spiro atoms. The minimum Gasteiger partial charge on any atom is -0.444 e. The van der Waals surface area contributed by atoms with Crippen molar-refractivity contribution in [1.82, 2.24) is 5.32 Å². The molecular weight excluding hydrogens is 349 g/mol. The van der Waals surface area contributed by atoms with Crippen LogP contribution in [0.1, 0.15) is 46.6 Å². The number of alkyl carbamates (subject to hydrolysis) is 1. The monoisotopic (exact) mass is 375 g/mol. The van der Waals surface area contributed by atoms with Crippen LogP contribution in [-0.4, -0.2) is 24.9 Å². The number of hydrogen-bond donors (Lipinski definition) is 1. The predicted octanol–water partition coefficient (Wildman–Crippen LogP) is 4.02. The van der Waals surface area contributed by atoms with Gasteiger partial charge in [0.15, 0.2) is 0 Å². The Labute approximate surface area is 159 Å². The molecular formula is C20H26FN3O3. The van der Waals surface area contributed by atoms with Crippen LogP contribution in [0.3, 0.4) is 0 Å². The molecule has 0 aliphatic heterocycles. The first-order valence-corrected chi connectivity index (χ1v) is 8.52. The van der Waals surface area contributed by atoms with Crippen molar-refractivity contribution in [2.24, 2.45) is 5.41 Å². The lowest BCUT2D eigenvalue weighted by Gasteiger charge is -2.40. The Hall–Kier alpha value is -2.64. The Morgan fingerprint density at radius 1 is 1.19 bits per heavy atom. The van der Waals surface area contributed by atoms with E-state index in [4.69, 9.17) is 9.47 Å². The third kappa shape index (κ3) is 5.67. The zero-order valence-corrected chi connectivity index (χ0v) is 16.6. The van der Waals surface area contributed by atoms with Gasteiger partial charge in [0.25, 0.3) is 0 Å². The number of nitriles is 2. The van der Waals surface area contributed by atoms with Gasteiger partial charge in [0.2, 0.25) is 0 Å². The Balaban J connectivity index is 3.41. The minimum atomic E-state index is -1.38. The molecule has 1 aromatic carbocycles. The van der Waals surface area contributed by atoms with Gasteiger partial charge < -0.3 is 14.8 Å². The van der Waals surface area contributed by atoms with Crippen LogP contribution >= 0.6 is 0 Å². The van der Waals surface area contributed by atoms with Crippen molar-refractivity contribution in [2.75, 3.05) is 7.11 Å². The van der Waals surface area contributed by atoms with Gasteiger partial charge in [0.05, 0.1) is 23.8 Å². The second-order valence-corrected chi connectivity index (χ2v) is 7.79. The molecule has 0 heterocycles. The SMILES string of the molecule is CO[C@@H](CC(C)(C#N)C#N)[C@](C)(NC(=O)OC(C)(C)C)c1ccccc1F. The van der Waals surface area contributed by atoms with Gasteiger partial charge in [-0.05, 0) is 40.7 Å². The summed E-state index contributed by atoms with van der Waals surface area (Å²) in [6.45, 7) is 8.18. The van der Waals surface area contributed by atoms with Crippen LogP contribution in [0.5, 0.6) is 0 Å². The summed E-state index contributed by atoms with van der Waals surface area (Å²) in [7, 11) is 1.38. The summed E-state index contributed by atoms with van der Waals surface area (Å²) in [5.41, 5.74) is -3.34. The topological polar surface area (TPSA) is 95.1 Å². The van der Waals surface area contributed by atoms with Gasteiger partial charge in [-0.3, -0.25) is 0 Å². The Kier molecular flexibility index (Phi) is 6.94. The average Bonchev–Trinajstić information content (AvgIpc) is 2.57. The number of rotatable bonds is 6. The molecule has 6 nitrogen and oxygen atoms in total. The lowest BCUT2D eigenvalue weighted by molar-refractivity contribution is -0.00828. The maximum absolute atomic E-state index is 14.6. The van der Waals surface area contributed by atoms with Crippen LogP contribution in [0.2, 0.25) is 0 Å². The van der Waals surface area contributed by atoms with Crippen molar-refractivity contribution >= 4 is 6.09 Å². The van der Waals surface area contributed by atoms with Gasteiger partial charge in [-0.1, -0.05) is 18.2 Å². The summed E-state index contributed by atoms with van der Waals surface area (Å²) in [5.74, 6) is -0.547. The van der Waals surface area contributed by atoms with E-state index in [0.29, 0.717) is 0 Å². The highest BCUT2D eigenvalue weighted by atomic mass is 19.1. The summed E-state index contributed by atoms with van der Waals surface area (Å²) in [6, 6.07) is 9.84. The second-order valence-electron chi connectivity index (χ2n) is 7.79. The molecule has 0 aliphatic rings. The number of benzene rings is 1. The highest BCUT2D eigenvalue weighted by molar-refractivity contribution is 5.69. The van der Waals surface area contributed by atoms with Gasteiger partial charge in [-0.25, -0.2) is 9.18 Å². The fourth-order valence-electron chi connectivity index (χ4n) is 2.73. The number of halogens is 1. The first-order chi connectivity index (χ1) is 12.4. The molecule has 0 saturated heterocycles. The van der Waals surface area contributed by atoms with Crippen LogP contribution < -0.4 is 5.32 Å². The normalized spacial score (nSPS) is 15.0. The van der Waals surface area contributed by atoms with Gasteiger partial charge in [-0.2, -0.15) is 10.5 Å². The zero-order chi connectivity index (χ0) is 20.9. The summed E-state index contributed by atoms with van der Waals surface area (Å²) in [4.78, 5) is 12.4. The first kappa shape index (κ1) is 22.4. The van der Waals surface area contributed by atoms with E-state index in [-0.39, 0.29) is 12.0 Å². The molecule has 1 rings (SSSR count). The minimum absolute atomic E-state index is 0.0445. The van der Waals surface area contributed by atoms with E-state index < -0.39 is 34.6 Å². The smallest absolute Gasteiger partial charge is 0.408 e. The van der Waals surface area contributed by atoms with E-state index in [1.54, 1.807) is 33.8 Å². The van der Waals surface area contributed by atoms with E-state index in [9.17, 15) is 19.7 Å². The molecule has 1 amide bonds. The summed E-state index contributed by atoms with van der Waals surface area (Å²) >= 11 is 0. The largest absolute Gasteiger partial charge is 0.444 e. The van der Waals surface area contributed by atoms with E-state index in [0.717, 1.165) is 0 Å². The molecule has 146 valence electrons. The molecule has 0 bridgehead atoms. The molecule has 0 unspecified atom stereocenters. The van der Waals surface area contributed by atoms with Crippen molar-refractivity contribution in [3.05, 3.63) is 35.6 Å². The first-order valence-electron chi connectivity index (χ1n) is 8.52. The number of nitrogens with one attached hydrogen (secondary N) is 1. The molecule has 0 aliphatic carbocycles. The third-order valence-electron chi connectivity index (χ3n) is 4.21. The molecule has 1 N–H and O–H groups in total. The number of ether oxygens (including phenoxy) is 2. The van der Waals surface area contributed by atoms with Gasteiger partial charge in [0, 0.05) is 19.1 Å². The average molecular weight is 375 g/mol. The number of nitrogens with zero attached hydrogens (tertiary/aromatic N) is 2. The Morgan fingerprint density at radius 2 is 1.74 bits per heavy atom. The number of hydrogen-bond acceptors (Lipinski definition) is 5. The lowest BCUT2D eigenvalue weighted by atomic mass is 9.77. The fourth-order valence-corrected chi connectivity index (χ4v) is 2.73. The van der Waals surface area contributed by atoms with Crippen LogP contribution in [0.25, 0.3) is 0 Å². The number of methoxy groups -OCH3 is 1. The number of carbonyl (C=O) groups excluding carboxylic acids is 1. The standard InChI is InChI=1S/C20H26FN3O3/c1-18(2,3)27-17(25)24-20(5,14-9-7-8-10-15(14)21)16(26-6)11-19(4,12-22)13-23/h7-10,16H,11H2,1-6H3,(H,24,25)/t16-,20+/m0/s1. The van der Waals surface area contributed by atoms with Crippen LogP contribution in [-0.2, 0) is 15.0 Å². The van der Waals surface area contributed by atoms with E-state index in [1.165, 1.54) is 32.2 Å². The quantitative estimate of drug-likeness (QED) is 0.810.